The number of para-hydroxylation sites is 5. The zero-order valence-electron chi connectivity index (χ0n) is 49.5. The lowest BCUT2D eigenvalue weighted by Gasteiger charge is -2.13. The van der Waals surface area contributed by atoms with Crippen molar-refractivity contribution in [2.45, 2.75) is 0 Å². The van der Waals surface area contributed by atoms with Crippen LogP contribution in [0.2, 0.25) is 0 Å². The highest BCUT2D eigenvalue weighted by atomic mass is 32.1. The third kappa shape index (κ3) is 7.60. The lowest BCUT2D eigenvalue weighted by Crippen LogP contribution is -2.12. The first-order valence-electron chi connectivity index (χ1n) is 30.9. The molecular weight excluding hydrogens is 1140 g/mol. The van der Waals surface area contributed by atoms with Gasteiger partial charge < -0.3 is 13.7 Å². The number of aromatic nitrogens is 4. The van der Waals surface area contributed by atoms with Gasteiger partial charge in [-0.15, -0.1) is 22.7 Å². The van der Waals surface area contributed by atoms with E-state index >= 15 is 0 Å². The maximum Gasteiger partial charge on any atom is 0.150 e. The summed E-state index contributed by atoms with van der Waals surface area (Å²) in [6, 6.07) is 105. The zero-order chi connectivity index (χ0) is 60.0. The highest BCUT2D eigenvalue weighted by molar-refractivity contribution is 7.26. The molecule has 6 heterocycles. The van der Waals surface area contributed by atoms with Crippen LogP contribution in [0.1, 0.15) is 10.4 Å². The van der Waals surface area contributed by atoms with Crippen LogP contribution >= 0.6 is 22.7 Å². The summed E-state index contributed by atoms with van der Waals surface area (Å²) in [5.74, 6) is 0.911. The average Bonchev–Trinajstić information content (AvgIpc) is 1.67. The minimum atomic E-state index is 0.911. The summed E-state index contributed by atoms with van der Waals surface area (Å²) >= 11 is 3.66. The van der Waals surface area contributed by atoms with Crippen molar-refractivity contribution in [1.29, 1.82) is 0 Å². The van der Waals surface area contributed by atoms with Crippen molar-refractivity contribution in [3.05, 3.63) is 302 Å². The van der Waals surface area contributed by atoms with Gasteiger partial charge in [-0.3, -0.25) is 9.56 Å². The quantitative estimate of drug-likeness (QED) is 0.107. The number of benzene rings is 13. The third-order valence-electron chi connectivity index (χ3n) is 19.0. The average molecular weight is 1200 g/mol. The van der Waals surface area contributed by atoms with Gasteiger partial charge in [0.25, 0.3) is 0 Å². The van der Waals surface area contributed by atoms with E-state index in [1.54, 1.807) is 11.3 Å². The van der Waals surface area contributed by atoms with Crippen LogP contribution < -0.4 is 0 Å². The van der Waals surface area contributed by atoms with Gasteiger partial charge in [-0.05, 0) is 137 Å². The van der Waals surface area contributed by atoms with Crippen molar-refractivity contribution in [2.75, 3.05) is 7.05 Å². The highest BCUT2D eigenvalue weighted by Crippen LogP contribution is 2.47. The molecule has 0 amide bonds. The van der Waals surface area contributed by atoms with Gasteiger partial charge >= 0.3 is 0 Å². The fraction of sp³-hybridized carbons (Fsp3) is 0.0119. The van der Waals surface area contributed by atoms with Crippen LogP contribution in [0, 0.1) is 0 Å². The van der Waals surface area contributed by atoms with Gasteiger partial charge in [0.05, 0.1) is 49.0 Å². The van der Waals surface area contributed by atoms with Crippen molar-refractivity contribution in [1.82, 2.24) is 18.3 Å². The van der Waals surface area contributed by atoms with Crippen molar-refractivity contribution in [2.24, 2.45) is 4.99 Å². The van der Waals surface area contributed by atoms with Crippen molar-refractivity contribution >= 4 is 152 Å². The van der Waals surface area contributed by atoms with Gasteiger partial charge in [0.15, 0.2) is 5.84 Å². The van der Waals surface area contributed by atoms with E-state index < -0.39 is 0 Å². The first-order chi connectivity index (χ1) is 45.1. The Morgan fingerprint density at radius 1 is 0.330 bits per heavy atom. The normalized spacial score (nSPS) is 12.3. The molecule has 5 nitrogen and oxygen atoms in total. The molecule has 0 aliphatic carbocycles. The Labute approximate surface area is 531 Å². The van der Waals surface area contributed by atoms with Gasteiger partial charge in [0.2, 0.25) is 0 Å². The fourth-order valence-corrected chi connectivity index (χ4v) is 17.6. The second-order valence-corrected chi connectivity index (χ2v) is 25.8. The van der Waals surface area contributed by atoms with Crippen LogP contribution in [0.25, 0.3) is 174 Å². The maximum atomic E-state index is 5.05. The number of hydrogen-bond donors (Lipinski definition) is 0. The van der Waals surface area contributed by atoms with Crippen LogP contribution in [0.4, 0.5) is 0 Å². The number of nitrogens with zero attached hydrogens (tertiary/aromatic N) is 5. The minimum absolute atomic E-state index is 0.911. The molecule has 0 radical (unpaired) electrons. The largest absolute Gasteiger partial charge is 0.309 e. The second kappa shape index (κ2) is 20.1. The van der Waals surface area contributed by atoms with Crippen molar-refractivity contribution in [3.8, 4) is 50.4 Å². The summed E-state index contributed by atoms with van der Waals surface area (Å²) < 4.78 is 13.5. The van der Waals surface area contributed by atoms with Gasteiger partial charge in [-0.2, -0.15) is 0 Å². The third-order valence-corrected chi connectivity index (χ3v) is 21.4. The molecule has 0 N–H and O–H groups in total. The van der Waals surface area contributed by atoms with Crippen molar-refractivity contribution < 1.29 is 0 Å². The lowest BCUT2D eigenvalue weighted by molar-refractivity contribution is 1.17. The van der Waals surface area contributed by atoms with Gasteiger partial charge in [0.1, 0.15) is 0 Å². The Morgan fingerprint density at radius 2 is 0.769 bits per heavy atom. The van der Waals surface area contributed by atoms with Gasteiger partial charge in [0, 0.05) is 103 Å². The maximum absolute atomic E-state index is 5.05. The molecule has 13 aromatic carbocycles. The second-order valence-electron chi connectivity index (χ2n) is 23.7. The van der Waals surface area contributed by atoms with E-state index in [2.05, 4.69) is 310 Å². The van der Waals surface area contributed by atoms with E-state index in [4.69, 9.17) is 4.99 Å². The van der Waals surface area contributed by atoms with Crippen molar-refractivity contribution in [3.63, 3.8) is 0 Å². The first-order valence-corrected chi connectivity index (χ1v) is 32.6. The van der Waals surface area contributed by atoms with E-state index in [1.165, 1.54) is 107 Å². The van der Waals surface area contributed by atoms with Crippen LogP contribution in [-0.4, -0.2) is 31.2 Å². The Morgan fingerprint density at radius 3 is 1.42 bits per heavy atom. The standard InChI is InChI=1S/C84H53N5S2/c1-3-57-69-50-56(44-46-79(69)91-83(57)84(85-2)89-71-36-11-4-25-59(71)60-26-5-12-37-72(60)89)88-74-39-14-8-30-67(74)81-64(33-20-41-77(81)88)63-32-19-40-76-80(63)66-29-7-13-38-73(66)87(76)55-43-45-75-68(49-55)61-27-6-10-35-70(61)86(75)54-24-17-22-52(48-54)51-21-16-23-53(47-51)58-31-18-34-65-62-28-9-15-42-78(62)90-82(58)65/h3-50H,1H2,2H3. The van der Waals surface area contributed by atoms with E-state index in [1.807, 2.05) is 24.5 Å². The molecule has 0 spiro atoms. The van der Waals surface area contributed by atoms with E-state index in [-0.39, 0.29) is 0 Å². The Hall–Kier alpha value is -11.4. The predicted molar refractivity (Wildman–Crippen MR) is 391 cm³/mol. The van der Waals surface area contributed by atoms with E-state index in [0.717, 1.165) is 77.3 Å². The molecule has 6 aromatic heterocycles. The van der Waals surface area contributed by atoms with Crippen LogP contribution in [0.15, 0.2) is 297 Å². The summed E-state index contributed by atoms with van der Waals surface area (Å²) in [6.45, 7) is 4.44. The summed E-state index contributed by atoms with van der Waals surface area (Å²) in [5, 5.41) is 13.5. The zero-order valence-corrected chi connectivity index (χ0v) is 51.1. The number of hydrogen-bond acceptors (Lipinski definition) is 3. The molecule has 0 aliphatic rings. The molecule has 0 saturated heterocycles. The molecule has 0 fully saturated rings. The molecular formula is C84H53N5S2. The smallest absolute Gasteiger partial charge is 0.150 e. The van der Waals surface area contributed by atoms with E-state index in [0.29, 0.717) is 0 Å². The number of aliphatic imine (C=N–C) groups is 1. The Balaban J connectivity index is 0.730. The molecule has 0 atom stereocenters. The van der Waals surface area contributed by atoms with Gasteiger partial charge in [-0.25, -0.2) is 0 Å². The molecule has 91 heavy (non-hydrogen) atoms. The highest BCUT2D eigenvalue weighted by Gasteiger charge is 2.25. The summed E-state index contributed by atoms with van der Waals surface area (Å²) in [6.07, 6.45) is 2.02. The summed E-state index contributed by atoms with van der Waals surface area (Å²) in [4.78, 5) is 6.15. The predicted octanol–water partition coefficient (Wildman–Crippen LogP) is 23.2. The van der Waals surface area contributed by atoms with Crippen LogP contribution in [0.5, 0.6) is 0 Å². The molecule has 0 saturated carbocycles. The minimum Gasteiger partial charge on any atom is -0.309 e. The topological polar surface area (TPSA) is 32.1 Å². The summed E-state index contributed by atoms with van der Waals surface area (Å²) in [5.41, 5.74) is 20.9. The Kier molecular flexibility index (Phi) is 11.4. The monoisotopic (exact) mass is 1200 g/mol. The molecule has 19 aromatic rings. The van der Waals surface area contributed by atoms with E-state index in [9.17, 15) is 0 Å². The molecule has 0 bridgehead atoms. The van der Waals surface area contributed by atoms with Gasteiger partial charge in [-0.1, -0.05) is 195 Å². The SMILES string of the molecule is C=Cc1c(C(=NC)n2c3ccccc3c3ccccc32)sc2ccc(-n3c4ccccc4c4c(-c5cccc6c5c5ccccc5n6-c5ccc6c(c5)c5ccccc5n6-c5cccc(-c6cccc(-c7cccc8c7sc7ccccc78)c6)c5)cccc43)cc12. The lowest BCUT2D eigenvalue weighted by atomic mass is 9.95. The molecule has 0 aliphatic heterocycles. The first kappa shape index (κ1) is 51.7. The molecule has 19 rings (SSSR count). The molecule has 0 unspecified atom stereocenters. The molecule has 7 heteroatoms. The molecule has 426 valence electrons. The summed E-state index contributed by atoms with van der Waals surface area (Å²) in [7, 11) is 1.91. The van der Waals surface area contributed by atoms with Crippen LogP contribution in [0.3, 0.4) is 0 Å². The number of fused-ring (bicyclic) bond motifs is 16. The fourth-order valence-electron chi connectivity index (χ4n) is 15.2. The number of rotatable bonds is 8. The van der Waals surface area contributed by atoms with Crippen LogP contribution in [-0.2, 0) is 0 Å². The number of thiophene rings is 2. The Bertz CT molecular complexity index is 6270.